The molecule has 0 saturated carbocycles. The van der Waals surface area contributed by atoms with Gasteiger partial charge in [-0.2, -0.15) is 4.39 Å². The number of aromatic nitrogens is 2. The third-order valence-corrected chi connectivity index (χ3v) is 11.3. The normalized spacial score (nSPS) is 10.8. The van der Waals surface area contributed by atoms with Crippen LogP contribution < -0.4 is 15.5 Å². The lowest BCUT2D eigenvalue weighted by Crippen LogP contribution is -2.15. The summed E-state index contributed by atoms with van der Waals surface area (Å²) >= 11 is 3.21. The highest BCUT2D eigenvalue weighted by molar-refractivity contribution is 7.22. The number of carbonyl (C=O) groups is 2. The van der Waals surface area contributed by atoms with Crippen molar-refractivity contribution >= 4 is 83.4 Å². The Hall–Kier alpha value is -7.43. The molecule has 8 rings (SSSR count). The van der Waals surface area contributed by atoms with Crippen molar-refractivity contribution in [3.8, 4) is 21.1 Å². The summed E-state index contributed by atoms with van der Waals surface area (Å²) in [6.07, 6.45) is 0. The molecule has 0 spiro atoms. The van der Waals surface area contributed by atoms with Gasteiger partial charge in [-0.15, -0.1) is 22.7 Å². The second-order valence-corrected chi connectivity index (χ2v) is 15.9. The number of hydrogen-bond donors (Lipinski definition) is 2. The summed E-state index contributed by atoms with van der Waals surface area (Å²) in [6.45, 7) is 4.09. The number of halogens is 1. The molecule has 0 atom stereocenters. The number of nitro groups is 2. The van der Waals surface area contributed by atoms with E-state index in [1.54, 1.807) is 78.1 Å². The molecule has 0 saturated heterocycles. The molecule has 16 heteroatoms. The molecule has 0 aliphatic heterocycles. The van der Waals surface area contributed by atoms with Crippen LogP contribution >= 0.6 is 22.7 Å². The average molecular weight is 840 g/mol. The highest BCUT2D eigenvalue weighted by atomic mass is 32.1. The van der Waals surface area contributed by atoms with E-state index in [-0.39, 0.29) is 16.8 Å². The van der Waals surface area contributed by atoms with E-state index >= 15 is 0 Å². The number of aryl methyl sites for hydroxylation is 2. The average Bonchev–Trinajstić information content (AvgIpc) is 3.85. The number of nitro benzene ring substituents is 2. The highest BCUT2D eigenvalue weighted by Gasteiger charge is 2.20. The lowest BCUT2D eigenvalue weighted by molar-refractivity contribution is -0.387. The Labute approximate surface area is 350 Å². The van der Waals surface area contributed by atoms with Crippen molar-refractivity contribution in [2.45, 2.75) is 13.8 Å². The molecular weight excluding hydrogens is 806 g/mol. The van der Waals surface area contributed by atoms with Crippen LogP contribution in [0.15, 0.2) is 121 Å². The third kappa shape index (κ3) is 9.14. The molecule has 0 aliphatic rings. The van der Waals surface area contributed by atoms with Crippen molar-refractivity contribution in [2.75, 3.05) is 29.6 Å². The Morgan fingerprint density at radius 3 is 1.47 bits per heavy atom. The molecule has 2 amide bonds. The Bertz CT molecular complexity index is 2950. The quantitative estimate of drug-likeness (QED) is 0.106. The first-order valence-corrected chi connectivity index (χ1v) is 19.8. The Morgan fingerprint density at radius 1 is 0.600 bits per heavy atom. The largest absolute Gasteiger partial charge is 0.372 e. The molecule has 0 radical (unpaired) electrons. The molecule has 2 heterocycles. The van der Waals surface area contributed by atoms with Crippen LogP contribution in [0.3, 0.4) is 0 Å². The van der Waals surface area contributed by atoms with Gasteiger partial charge in [0.05, 0.1) is 30.3 Å². The van der Waals surface area contributed by atoms with Gasteiger partial charge in [-0.1, -0.05) is 12.1 Å². The molecule has 8 aromatic rings. The van der Waals surface area contributed by atoms with Crippen molar-refractivity contribution in [3.05, 3.63) is 170 Å². The summed E-state index contributed by atoms with van der Waals surface area (Å²) in [5, 5.41) is 29.4. The number of nitrogens with one attached hydrogen (secondary N) is 2. The van der Waals surface area contributed by atoms with E-state index < -0.39 is 33.2 Å². The first kappa shape index (κ1) is 40.8. The van der Waals surface area contributed by atoms with Crippen molar-refractivity contribution in [1.82, 2.24) is 9.97 Å². The highest BCUT2D eigenvalue weighted by Crippen LogP contribution is 2.33. The van der Waals surface area contributed by atoms with E-state index in [2.05, 4.69) is 39.7 Å². The Morgan fingerprint density at radius 2 is 1.03 bits per heavy atom. The van der Waals surface area contributed by atoms with Gasteiger partial charge in [0.2, 0.25) is 5.82 Å². The van der Waals surface area contributed by atoms with Crippen molar-refractivity contribution < 1.29 is 23.8 Å². The number of hydrogen-bond acceptors (Lipinski definition) is 11. The van der Waals surface area contributed by atoms with Crippen molar-refractivity contribution in [1.29, 1.82) is 0 Å². The monoisotopic (exact) mass is 839 g/mol. The van der Waals surface area contributed by atoms with Gasteiger partial charge in [-0.25, -0.2) is 9.97 Å². The number of nitrogens with zero attached hydrogens (tertiary/aromatic N) is 5. The lowest BCUT2D eigenvalue weighted by Gasteiger charge is -2.13. The van der Waals surface area contributed by atoms with Crippen LogP contribution in [-0.2, 0) is 0 Å². The summed E-state index contributed by atoms with van der Waals surface area (Å²) in [5.41, 5.74) is 7.08. The van der Waals surface area contributed by atoms with Gasteiger partial charge in [0.1, 0.15) is 15.7 Å². The van der Waals surface area contributed by atoms with Crippen LogP contribution in [0.2, 0.25) is 0 Å². The molecule has 0 fully saturated rings. The zero-order chi connectivity index (χ0) is 42.7. The van der Waals surface area contributed by atoms with E-state index in [0.717, 1.165) is 53.7 Å². The van der Waals surface area contributed by atoms with Gasteiger partial charge >= 0.3 is 5.69 Å². The van der Waals surface area contributed by atoms with Crippen LogP contribution in [0.1, 0.15) is 31.8 Å². The van der Waals surface area contributed by atoms with Crippen LogP contribution in [0.25, 0.3) is 41.6 Å². The lowest BCUT2D eigenvalue weighted by atomic mass is 10.1. The van der Waals surface area contributed by atoms with Gasteiger partial charge in [-0.05, 0) is 122 Å². The number of fused-ring (bicyclic) bond motifs is 2. The van der Waals surface area contributed by atoms with Gasteiger partial charge in [-0.3, -0.25) is 29.8 Å². The van der Waals surface area contributed by atoms with Crippen LogP contribution in [0.5, 0.6) is 0 Å². The number of thiazole rings is 2. The smallest absolute Gasteiger partial charge is 0.305 e. The maximum atomic E-state index is 13.4. The van der Waals surface area contributed by atoms with Gasteiger partial charge < -0.3 is 15.5 Å². The van der Waals surface area contributed by atoms with Crippen molar-refractivity contribution in [3.63, 3.8) is 0 Å². The molecule has 60 heavy (non-hydrogen) atoms. The van der Waals surface area contributed by atoms with Gasteiger partial charge in [0, 0.05) is 59.9 Å². The molecule has 2 N–H and O–H groups in total. The number of carbonyl (C=O) groups excluding carboxylic acids is 2. The minimum atomic E-state index is -0.984. The summed E-state index contributed by atoms with van der Waals surface area (Å²) in [4.78, 5) is 56.7. The maximum absolute atomic E-state index is 13.4. The van der Waals surface area contributed by atoms with Gasteiger partial charge in [0.15, 0.2) is 0 Å². The van der Waals surface area contributed by atoms with E-state index in [4.69, 9.17) is 0 Å². The first-order valence-electron chi connectivity index (χ1n) is 18.2. The summed E-state index contributed by atoms with van der Waals surface area (Å²) < 4.78 is 15.7. The number of rotatable bonds is 9. The fourth-order valence-corrected chi connectivity index (χ4v) is 8.23. The zero-order valence-corrected chi connectivity index (χ0v) is 34.1. The van der Waals surface area contributed by atoms with E-state index in [1.807, 2.05) is 55.5 Å². The topological polar surface area (TPSA) is 174 Å². The van der Waals surface area contributed by atoms with E-state index in [9.17, 15) is 34.2 Å². The molecule has 0 unspecified atom stereocenters. The minimum Gasteiger partial charge on any atom is -0.372 e. The standard InChI is InChI=1S/C23H20N4O3S.C21H14FN3O3S/c1-14-4-10-18-21(12-14)31-23(25-18)15-5-8-17(9-6-15)24-22(28)16-7-11-19(26(2)3)20(13-16)27(29)30;1-12-2-9-17-19(10-12)29-21(24-17)13-3-6-15(7-4-13)23-20(26)14-5-8-16(22)18(11-14)25(27)28/h4-13H,1-3H3,(H,24,28);2-11H,1H3,(H,23,26). The predicted octanol–water partition coefficient (Wildman–Crippen LogP) is 11.1. The second-order valence-electron chi connectivity index (χ2n) is 13.8. The summed E-state index contributed by atoms with van der Waals surface area (Å²) in [6, 6.07) is 34.3. The van der Waals surface area contributed by atoms with Crippen LogP contribution in [-0.4, -0.2) is 45.7 Å². The number of amides is 2. The number of anilines is 3. The fraction of sp³-hybridized carbons (Fsp3) is 0.0909. The van der Waals surface area contributed by atoms with Crippen molar-refractivity contribution in [2.24, 2.45) is 0 Å². The van der Waals surface area contributed by atoms with Gasteiger partial charge in [0.25, 0.3) is 17.5 Å². The SMILES string of the molecule is Cc1ccc2nc(-c3ccc(NC(=O)c4ccc(F)c([N+](=O)[O-])c4)cc3)sc2c1.Cc1ccc2nc(-c3ccc(NC(=O)c4ccc(N(C)C)c([N+](=O)[O-])c4)cc3)sc2c1. The molecular formula is C44H34FN7O6S2. The number of benzene rings is 6. The molecule has 6 aromatic carbocycles. The second kappa shape index (κ2) is 17.2. The van der Waals surface area contributed by atoms with Crippen LogP contribution in [0, 0.1) is 39.9 Å². The summed E-state index contributed by atoms with van der Waals surface area (Å²) in [7, 11) is 3.44. The first-order chi connectivity index (χ1) is 28.7. The Balaban J connectivity index is 0.000000182. The maximum Gasteiger partial charge on any atom is 0.305 e. The van der Waals surface area contributed by atoms with Crippen LogP contribution in [0.4, 0.5) is 32.8 Å². The summed E-state index contributed by atoms with van der Waals surface area (Å²) in [5.74, 6) is -1.95. The zero-order valence-electron chi connectivity index (χ0n) is 32.4. The molecule has 2 aromatic heterocycles. The van der Waals surface area contributed by atoms with E-state index in [1.165, 1.54) is 23.3 Å². The Kier molecular flexibility index (Phi) is 11.7. The minimum absolute atomic E-state index is 0.00344. The van der Waals surface area contributed by atoms with E-state index in [0.29, 0.717) is 17.1 Å². The predicted molar refractivity (Wildman–Crippen MR) is 236 cm³/mol. The fourth-order valence-electron chi connectivity index (χ4n) is 6.09. The molecule has 300 valence electrons. The molecule has 0 bridgehead atoms. The molecule has 0 aliphatic carbocycles. The third-order valence-electron chi connectivity index (χ3n) is 9.19. The molecule has 13 nitrogen and oxygen atoms in total.